The zero-order valence-corrected chi connectivity index (χ0v) is 11.3. The number of hydrogen-bond donors (Lipinski definition) is 2. The first kappa shape index (κ1) is 14.5. The Kier molecular flexibility index (Phi) is 6.22. The second-order valence-corrected chi connectivity index (χ2v) is 4.46. The van der Waals surface area contributed by atoms with E-state index in [9.17, 15) is 4.79 Å². The van der Waals surface area contributed by atoms with E-state index in [0.29, 0.717) is 13.0 Å². The van der Waals surface area contributed by atoms with E-state index in [1.165, 1.54) is 0 Å². The lowest BCUT2D eigenvalue weighted by Crippen LogP contribution is -2.31. The molecule has 0 aliphatic heterocycles. The quantitative estimate of drug-likeness (QED) is 0.774. The Bertz CT molecular complexity index is 378. The number of para-hydroxylation sites is 1. The molecule has 0 bridgehead atoms. The van der Waals surface area contributed by atoms with Gasteiger partial charge in [0.2, 0.25) is 5.91 Å². The van der Waals surface area contributed by atoms with Gasteiger partial charge in [0.1, 0.15) is 5.75 Å². The topological polar surface area (TPSA) is 50.4 Å². The zero-order chi connectivity index (χ0) is 13.4. The predicted molar refractivity (Wildman–Crippen MR) is 72.6 cm³/mol. The maximum atomic E-state index is 11.5. The first-order valence-electron chi connectivity index (χ1n) is 6.28. The van der Waals surface area contributed by atoms with E-state index in [2.05, 4.69) is 10.6 Å². The average Bonchev–Trinajstić information content (AvgIpc) is 2.30. The molecule has 0 aromatic heterocycles. The van der Waals surface area contributed by atoms with Gasteiger partial charge >= 0.3 is 0 Å². The van der Waals surface area contributed by atoms with Crippen molar-refractivity contribution in [1.82, 2.24) is 10.6 Å². The van der Waals surface area contributed by atoms with Gasteiger partial charge in [0.05, 0.1) is 13.0 Å². The molecule has 0 unspecified atom stereocenters. The van der Waals surface area contributed by atoms with E-state index < -0.39 is 0 Å². The summed E-state index contributed by atoms with van der Waals surface area (Å²) in [6, 6.07) is 8.02. The van der Waals surface area contributed by atoms with Crippen molar-refractivity contribution in [3.63, 3.8) is 0 Å². The maximum Gasteiger partial charge on any atom is 0.223 e. The van der Waals surface area contributed by atoms with Crippen LogP contribution in [-0.2, 0) is 11.3 Å². The number of carbonyl (C=O) groups is 1. The Labute approximate surface area is 109 Å². The summed E-state index contributed by atoms with van der Waals surface area (Å²) in [5, 5.41) is 5.93. The summed E-state index contributed by atoms with van der Waals surface area (Å²) < 4.78 is 5.64. The highest BCUT2D eigenvalue weighted by Crippen LogP contribution is 2.17. The minimum absolute atomic E-state index is 0.0242. The molecule has 0 saturated carbocycles. The van der Waals surface area contributed by atoms with Crippen LogP contribution in [0.5, 0.6) is 5.75 Å². The second-order valence-electron chi connectivity index (χ2n) is 4.46. The number of rotatable bonds is 7. The molecule has 4 nitrogen and oxygen atoms in total. The van der Waals surface area contributed by atoms with Crippen molar-refractivity contribution in [3.8, 4) is 5.75 Å². The van der Waals surface area contributed by atoms with Gasteiger partial charge in [-0.3, -0.25) is 4.79 Å². The van der Waals surface area contributed by atoms with Gasteiger partial charge in [-0.15, -0.1) is 0 Å². The highest BCUT2D eigenvalue weighted by molar-refractivity contribution is 5.76. The normalized spacial score (nSPS) is 10.4. The number of amides is 1. The van der Waals surface area contributed by atoms with Crippen molar-refractivity contribution < 1.29 is 9.53 Å². The molecule has 0 aliphatic rings. The summed E-state index contributed by atoms with van der Waals surface area (Å²) in [5.41, 5.74) is 1.10. The largest absolute Gasteiger partial charge is 0.493 e. The van der Waals surface area contributed by atoms with Crippen LogP contribution in [0, 0.1) is 0 Å². The van der Waals surface area contributed by atoms with Crippen LogP contribution in [0.1, 0.15) is 25.8 Å². The van der Waals surface area contributed by atoms with Crippen LogP contribution >= 0.6 is 0 Å². The van der Waals surface area contributed by atoms with Crippen LogP contribution in [0.4, 0.5) is 0 Å². The standard InChI is InChI=1S/C14H22N2O2/c1-11(2)16-14(17)8-9-18-13-7-5-4-6-12(13)10-15-3/h4-7,11,15H,8-10H2,1-3H3,(H,16,17). The van der Waals surface area contributed by atoms with Crippen molar-refractivity contribution in [2.24, 2.45) is 0 Å². The number of hydrogen-bond acceptors (Lipinski definition) is 3. The zero-order valence-electron chi connectivity index (χ0n) is 11.3. The van der Waals surface area contributed by atoms with Crippen LogP contribution in [0.2, 0.25) is 0 Å². The molecule has 1 aromatic rings. The van der Waals surface area contributed by atoms with Gasteiger partial charge in [-0.25, -0.2) is 0 Å². The van der Waals surface area contributed by atoms with Gasteiger partial charge < -0.3 is 15.4 Å². The monoisotopic (exact) mass is 250 g/mol. The molecule has 1 rings (SSSR count). The molecule has 18 heavy (non-hydrogen) atoms. The Balaban J connectivity index is 2.41. The Morgan fingerprint density at radius 2 is 2.06 bits per heavy atom. The summed E-state index contributed by atoms with van der Waals surface area (Å²) in [6.45, 7) is 5.05. The molecular formula is C14H22N2O2. The number of benzene rings is 1. The second kappa shape index (κ2) is 7.71. The molecule has 0 spiro atoms. The SMILES string of the molecule is CNCc1ccccc1OCCC(=O)NC(C)C. The fourth-order valence-corrected chi connectivity index (χ4v) is 1.63. The summed E-state index contributed by atoms with van der Waals surface area (Å²) in [5.74, 6) is 0.861. The van der Waals surface area contributed by atoms with Crippen molar-refractivity contribution >= 4 is 5.91 Å². The predicted octanol–water partition coefficient (Wildman–Crippen LogP) is 1.70. The van der Waals surface area contributed by atoms with E-state index in [4.69, 9.17) is 4.74 Å². The fourth-order valence-electron chi connectivity index (χ4n) is 1.63. The molecule has 1 amide bonds. The summed E-state index contributed by atoms with van der Waals surface area (Å²) in [6.07, 6.45) is 0.381. The molecule has 2 N–H and O–H groups in total. The summed E-state index contributed by atoms with van der Waals surface area (Å²) in [7, 11) is 1.90. The smallest absolute Gasteiger partial charge is 0.223 e. The molecule has 0 aliphatic carbocycles. The van der Waals surface area contributed by atoms with Gasteiger partial charge in [0, 0.05) is 18.2 Å². The van der Waals surface area contributed by atoms with Crippen LogP contribution in [-0.4, -0.2) is 25.6 Å². The lowest BCUT2D eigenvalue weighted by molar-refractivity contribution is -0.122. The minimum atomic E-state index is 0.0242. The van der Waals surface area contributed by atoms with Gasteiger partial charge in [0.25, 0.3) is 0 Å². The fraction of sp³-hybridized carbons (Fsp3) is 0.500. The number of nitrogens with one attached hydrogen (secondary N) is 2. The first-order chi connectivity index (χ1) is 8.63. The van der Waals surface area contributed by atoms with Gasteiger partial charge in [-0.2, -0.15) is 0 Å². The van der Waals surface area contributed by atoms with Crippen LogP contribution < -0.4 is 15.4 Å². The van der Waals surface area contributed by atoms with Gasteiger partial charge in [-0.1, -0.05) is 18.2 Å². The Morgan fingerprint density at radius 1 is 1.33 bits per heavy atom. The van der Waals surface area contributed by atoms with Crippen LogP contribution in [0.25, 0.3) is 0 Å². The molecule has 0 heterocycles. The average molecular weight is 250 g/mol. The summed E-state index contributed by atoms with van der Waals surface area (Å²) in [4.78, 5) is 11.5. The number of carbonyl (C=O) groups excluding carboxylic acids is 1. The highest BCUT2D eigenvalue weighted by Gasteiger charge is 2.05. The highest BCUT2D eigenvalue weighted by atomic mass is 16.5. The third-order valence-corrected chi connectivity index (χ3v) is 2.38. The molecule has 1 aromatic carbocycles. The number of ether oxygens (including phenoxy) is 1. The molecule has 100 valence electrons. The van der Waals surface area contributed by atoms with Crippen molar-refractivity contribution in [1.29, 1.82) is 0 Å². The first-order valence-corrected chi connectivity index (χ1v) is 6.28. The minimum Gasteiger partial charge on any atom is -0.493 e. The van der Waals surface area contributed by atoms with E-state index in [-0.39, 0.29) is 11.9 Å². The molecular weight excluding hydrogens is 228 g/mol. The lowest BCUT2D eigenvalue weighted by Gasteiger charge is -2.12. The molecule has 0 saturated heterocycles. The summed E-state index contributed by atoms with van der Waals surface area (Å²) >= 11 is 0. The van der Waals surface area contributed by atoms with Crippen molar-refractivity contribution in [2.75, 3.05) is 13.7 Å². The van der Waals surface area contributed by atoms with E-state index in [1.807, 2.05) is 45.2 Å². The maximum absolute atomic E-state index is 11.5. The molecule has 0 fully saturated rings. The molecule has 4 heteroatoms. The van der Waals surface area contributed by atoms with E-state index >= 15 is 0 Å². The van der Waals surface area contributed by atoms with Gasteiger partial charge in [-0.05, 0) is 27.0 Å². The van der Waals surface area contributed by atoms with Crippen LogP contribution in [0.3, 0.4) is 0 Å². The molecule has 0 radical (unpaired) electrons. The molecule has 0 atom stereocenters. The van der Waals surface area contributed by atoms with Crippen molar-refractivity contribution in [2.45, 2.75) is 32.9 Å². The lowest BCUT2D eigenvalue weighted by atomic mass is 10.2. The Hall–Kier alpha value is -1.55. The van der Waals surface area contributed by atoms with E-state index in [0.717, 1.165) is 17.9 Å². The third kappa shape index (κ3) is 5.19. The third-order valence-electron chi connectivity index (χ3n) is 2.38. The Morgan fingerprint density at radius 3 is 2.72 bits per heavy atom. The van der Waals surface area contributed by atoms with Crippen molar-refractivity contribution in [3.05, 3.63) is 29.8 Å². The van der Waals surface area contributed by atoms with E-state index in [1.54, 1.807) is 0 Å². The van der Waals surface area contributed by atoms with Gasteiger partial charge in [0.15, 0.2) is 0 Å². The van der Waals surface area contributed by atoms with Crippen LogP contribution in [0.15, 0.2) is 24.3 Å².